The molecule has 0 aliphatic carbocycles. The van der Waals surface area contributed by atoms with Crippen molar-refractivity contribution in [2.24, 2.45) is 0 Å². The molecule has 140 valence electrons. The highest BCUT2D eigenvalue weighted by molar-refractivity contribution is 8.00. The number of anilines is 1. The number of carbonyl (C=O) groups is 1. The Morgan fingerprint density at radius 2 is 1.89 bits per heavy atom. The summed E-state index contributed by atoms with van der Waals surface area (Å²) in [5.41, 5.74) is 3.81. The molecule has 0 fully saturated rings. The van der Waals surface area contributed by atoms with E-state index in [4.69, 9.17) is 9.15 Å². The van der Waals surface area contributed by atoms with Gasteiger partial charge in [0, 0.05) is 17.3 Å². The minimum Gasteiger partial charge on any atom is -0.497 e. The first kappa shape index (κ1) is 19.0. The average Bonchev–Trinajstić information content (AvgIpc) is 3.09. The summed E-state index contributed by atoms with van der Waals surface area (Å²) in [5, 5.41) is 11.0. The number of hydrogen-bond acceptors (Lipinski definition) is 6. The van der Waals surface area contributed by atoms with Crippen LogP contribution in [0, 0.1) is 13.8 Å². The van der Waals surface area contributed by atoms with Gasteiger partial charge in [0.15, 0.2) is 0 Å². The van der Waals surface area contributed by atoms with Crippen molar-refractivity contribution in [2.75, 3.05) is 12.4 Å². The van der Waals surface area contributed by atoms with E-state index in [9.17, 15) is 4.79 Å². The van der Waals surface area contributed by atoms with E-state index >= 15 is 0 Å². The van der Waals surface area contributed by atoms with Crippen LogP contribution in [0.2, 0.25) is 0 Å². The largest absolute Gasteiger partial charge is 0.497 e. The minimum atomic E-state index is -0.399. The van der Waals surface area contributed by atoms with Gasteiger partial charge in [-0.2, -0.15) is 0 Å². The second-order valence-electron chi connectivity index (χ2n) is 6.23. The third kappa shape index (κ3) is 4.89. The van der Waals surface area contributed by atoms with Crippen LogP contribution in [0.3, 0.4) is 0 Å². The molecular weight excluding hydrogens is 362 g/mol. The van der Waals surface area contributed by atoms with Gasteiger partial charge in [0.05, 0.1) is 12.4 Å². The van der Waals surface area contributed by atoms with Crippen LogP contribution in [0.1, 0.15) is 18.1 Å². The summed E-state index contributed by atoms with van der Waals surface area (Å²) in [7, 11) is 1.59. The highest BCUT2D eigenvalue weighted by Crippen LogP contribution is 2.28. The van der Waals surface area contributed by atoms with Gasteiger partial charge in [-0.15, -0.1) is 10.2 Å². The Labute approximate surface area is 162 Å². The lowest BCUT2D eigenvalue weighted by molar-refractivity contribution is -0.115. The van der Waals surface area contributed by atoms with Gasteiger partial charge in [0.25, 0.3) is 5.22 Å². The minimum absolute atomic E-state index is 0.153. The van der Waals surface area contributed by atoms with Gasteiger partial charge in [-0.05, 0) is 45.0 Å². The topological polar surface area (TPSA) is 77.2 Å². The van der Waals surface area contributed by atoms with E-state index in [0.717, 1.165) is 16.7 Å². The fourth-order valence-electron chi connectivity index (χ4n) is 2.62. The maximum absolute atomic E-state index is 12.4. The third-order valence-electron chi connectivity index (χ3n) is 3.86. The molecule has 0 unspecified atom stereocenters. The van der Waals surface area contributed by atoms with Crippen LogP contribution in [0.25, 0.3) is 11.5 Å². The van der Waals surface area contributed by atoms with Gasteiger partial charge in [0.1, 0.15) is 5.75 Å². The quantitative estimate of drug-likeness (QED) is 0.632. The monoisotopic (exact) mass is 383 g/mol. The molecule has 1 amide bonds. The molecule has 6 nitrogen and oxygen atoms in total. The Hall–Kier alpha value is -2.80. The molecule has 1 N–H and O–H groups in total. The Morgan fingerprint density at radius 1 is 1.15 bits per heavy atom. The number of hydrogen-bond donors (Lipinski definition) is 1. The SMILES string of the molecule is COc1cccc(NC(=O)[C@H](C)Sc2nnc(-c3cc(C)cc(C)c3)o2)c1. The van der Waals surface area contributed by atoms with Crippen LogP contribution in [0.5, 0.6) is 5.75 Å². The first-order chi connectivity index (χ1) is 12.9. The number of nitrogens with zero attached hydrogens (tertiary/aromatic N) is 2. The molecule has 3 aromatic rings. The number of thioether (sulfide) groups is 1. The number of amides is 1. The van der Waals surface area contributed by atoms with Gasteiger partial charge >= 0.3 is 0 Å². The molecule has 2 aromatic carbocycles. The van der Waals surface area contributed by atoms with Crippen molar-refractivity contribution in [3.05, 3.63) is 53.6 Å². The number of methoxy groups -OCH3 is 1. The van der Waals surface area contributed by atoms with E-state index in [1.54, 1.807) is 20.1 Å². The molecule has 1 atom stereocenters. The zero-order chi connectivity index (χ0) is 19.4. The van der Waals surface area contributed by atoms with Crippen molar-refractivity contribution in [3.63, 3.8) is 0 Å². The number of aryl methyl sites for hydroxylation is 2. The molecule has 0 radical (unpaired) electrons. The summed E-state index contributed by atoms with van der Waals surface area (Å²) in [6, 6.07) is 13.3. The molecule has 3 rings (SSSR count). The van der Waals surface area contributed by atoms with E-state index in [1.165, 1.54) is 11.8 Å². The Kier molecular flexibility index (Phi) is 5.81. The maximum atomic E-state index is 12.4. The lowest BCUT2D eigenvalue weighted by atomic mass is 10.1. The number of ether oxygens (including phenoxy) is 1. The van der Waals surface area contributed by atoms with Gasteiger partial charge < -0.3 is 14.5 Å². The van der Waals surface area contributed by atoms with Crippen molar-refractivity contribution >= 4 is 23.4 Å². The van der Waals surface area contributed by atoms with E-state index < -0.39 is 5.25 Å². The molecule has 0 spiro atoms. The average molecular weight is 383 g/mol. The molecule has 27 heavy (non-hydrogen) atoms. The summed E-state index contributed by atoms with van der Waals surface area (Å²) in [4.78, 5) is 12.4. The normalized spacial score (nSPS) is 11.9. The predicted molar refractivity (Wildman–Crippen MR) is 106 cm³/mol. The maximum Gasteiger partial charge on any atom is 0.277 e. The number of carbonyl (C=O) groups excluding carboxylic acids is 1. The second kappa shape index (κ2) is 8.26. The van der Waals surface area contributed by atoms with Crippen LogP contribution >= 0.6 is 11.8 Å². The van der Waals surface area contributed by atoms with Crippen molar-refractivity contribution in [1.82, 2.24) is 10.2 Å². The molecule has 0 aliphatic rings. The van der Waals surface area contributed by atoms with Crippen molar-refractivity contribution in [1.29, 1.82) is 0 Å². The van der Waals surface area contributed by atoms with Crippen molar-refractivity contribution in [3.8, 4) is 17.2 Å². The number of aromatic nitrogens is 2. The smallest absolute Gasteiger partial charge is 0.277 e. The van der Waals surface area contributed by atoms with Crippen molar-refractivity contribution in [2.45, 2.75) is 31.2 Å². The van der Waals surface area contributed by atoms with Gasteiger partial charge in [-0.3, -0.25) is 4.79 Å². The van der Waals surface area contributed by atoms with E-state index in [1.807, 2.05) is 44.2 Å². The van der Waals surface area contributed by atoms with Crippen LogP contribution in [-0.2, 0) is 4.79 Å². The van der Waals surface area contributed by atoms with Gasteiger partial charge in [0.2, 0.25) is 11.8 Å². The fourth-order valence-corrected chi connectivity index (χ4v) is 3.31. The number of benzene rings is 2. The summed E-state index contributed by atoms with van der Waals surface area (Å²) >= 11 is 1.22. The van der Waals surface area contributed by atoms with Crippen LogP contribution in [0.4, 0.5) is 5.69 Å². The van der Waals surface area contributed by atoms with Crippen LogP contribution in [-0.4, -0.2) is 28.5 Å². The molecule has 0 saturated carbocycles. The van der Waals surface area contributed by atoms with Gasteiger partial charge in [-0.1, -0.05) is 35.0 Å². The zero-order valence-electron chi connectivity index (χ0n) is 15.6. The van der Waals surface area contributed by atoms with E-state index in [0.29, 0.717) is 22.6 Å². The lowest BCUT2D eigenvalue weighted by Crippen LogP contribution is -2.22. The zero-order valence-corrected chi connectivity index (χ0v) is 16.5. The Balaban J connectivity index is 1.66. The summed E-state index contributed by atoms with van der Waals surface area (Å²) in [6.07, 6.45) is 0. The molecule has 1 aromatic heterocycles. The van der Waals surface area contributed by atoms with Gasteiger partial charge in [-0.25, -0.2) is 0 Å². The van der Waals surface area contributed by atoms with E-state index in [-0.39, 0.29) is 5.91 Å². The molecule has 0 aliphatic heterocycles. The fraction of sp³-hybridized carbons (Fsp3) is 0.250. The highest BCUT2D eigenvalue weighted by atomic mass is 32.2. The first-order valence-electron chi connectivity index (χ1n) is 8.48. The second-order valence-corrected chi connectivity index (χ2v) is 7.52. The third-order valence-corrected chi connectivity index (χ3v) is 4.79. The van der Waals surface area contributed by atoms with E-state index in [2.05, 4.69) is 21.6 Å². The Bertz CT molecular complexity index is 935. The molecule has 1 heterocycles. The standard InChI is InChI=1S/C20H21N3O3S/c1-12-8-13(2)10-15(9-12)19-22-23-20(26-19)27-14(3)18(24)21-16-6-5-7-17(11-16)25-4/h5-11,14H,1-4H3,(H,21,24)/t14-/m0/s1. The summed E-state index contributed by atoms with van der Waals surface area (Å²) < 4.78 is 10.9. The lowest BCUT2D eigenvalue weighted by Gasteiger charge is -2.10. The van der Waals surface area contributed by atoms with Crippen molar-refractivity contribution < 1.29 is 13.9 Å². The number of nitrogens with one attached hydrogen (secondary N) is 1. The first-order valence-corrected chi connectivity index (χ1v) is 9.36. The molecule has 0 saturated heterocycles. The van der Waals surface area contributed by atoms with Crippen LogP contribution in [0.15, 0.2) is 52.1 Å². The molecular formula is C20H21N3O3S. The molecule has 7 heteroatoms. The summed E-state index contributed by atoms with van der Waals surface area (Å²) in [5.74, 6) is 0.979. The van der Waals surface area contributed by atoms with Crippen LogP contribution < -0.4 is 10.1 Å². The number of rotatable bonds is 6. The summed E-state index contributed by atoms with van der Waals surface area (Å²) in [6.45, 7) is 5.84. The Morgan fingerprint density at radius 3 is 2.59 bits per heavy atom. The molecule has 0 bridgehead atoms. The predicted octanol–water partition coefficient (Wildman–Crippen LogP) is 4.48. The highest BCUT2D eigenvalue weighted by Gasteiger charge is 2.19.